The predicted octanol–water partition coefficient (Wildman–Crippen LogP) is 6.75. The second-order valence-electron chi connectivity index (χ2n) is 18.3. The number of likely N-dealkylation sites (tertiary alicyclic amines) is 1. The molecule has 0 spiro atoms. The summed E-state index contributed by atoms with van der Waals surface area (Å²) >= 11 is 1.55. The van der Waals surface area contributed by atoms with Crippen molar-refractivity contribution in [2.75, 3.05) is 26.7 Å². The number of nitrogens with zero attached hydrogens (tertiary/aromatic N) is 3. The number of fused-ring (bicyclic) bond motifs is 3. The zero-order chi connectivity index (χ0) is 45.0. The number of rotatable bonds is 6. The number of carbonyl (C=O) groups excluding carboxylic acids is 4. The first-order valence-electron chi connectivity index (χ1n) is 21.9. The van der Waals surface area contributed by atoms with Gasteiger partial charge in [0.05, 0.1) is 29.3 Å². The molecule has 4 fully saturated rings. The Morgan fingerprint density at radius 1 is 1.06 bits per heavy atom. The number of amides is 5. The van der Waals surface area contributed by atoms with Crippen LogP contribution in [0.4, 0.5) is 4.79 Å². The van der Waals surface area contributed by atoms with Crippen LogP contribution in [0.2, 0.25) is 0 Å². The zero-order valence-corrected chi connectivity index (χ0v) is 38.5. The van der Waals surface area contributed by atoms with Crippen molar-refractivity contribution in [2.45, 2.75) is 134 Å². The normalized spacial score (nSPS) is 24.2. The lowest BCUT2D eigenvalue weighted by molar-refractivity contribution is -0.139. The summed E-state index contributed by atoms with van der Waals surface area (Å²) in [5.41, 5.74) is 7.67. The van der Waals surface area contributed by atoms with Crippen LogP contribution >= 0.6 is 11.3 Å². The summed E-state index contributed by atoms with van der Waals surface area (Å²) in [5, 5.41) is 5.89. The fourth-order valence-electron chi connectivity index (χ4n) is 8.35. The standard InChI is InChI=1S/C21H31N3O5S.C17H18N2O2S.C7H14N2O.2H2/c25-18-10-6-4-2-1-3-5-8-15-14-21(15,20(27)23-30(28,29)16-11-12-16)22-19(26)17-9-7-13-24(17)18;1-9(2)13-8-22-17(19-13)12-7-14(20)11-5-6-15(21-4)10(3)16(11)18-12;1-7(2)3-4-9(5-7)6(8)10;;/h5,8,15-17H,1-4,6-7,9-14H2,(H,22,26)(H,23,27);5-9H,1-4H3,(H,18,20);3-5H2,1-2H3,(H2,8,10);2*1H/b8-5-;;;;. The Labute approximate surface area is 371 Å². The molecule has 62 heavy (non-hydrogen) atoms. The summed E-state index contributed by atoms with van der Waals surface area (Å²) in [6.45, 7) is 12.6. The monoisotopic (exact) mass is 897 g/mol. The van der Waals surface area contributed by atoms with Crippen molar-refractivity contribution in [3.8, 4) is 16.5 Å². The number of aromatic amines is 1. The number of hydrogen-bond acceptors (Lipinski definition) is 10. The van der Waals surface area contributed by atoms with Crippen LogP contribution < -0.4 is 25.9 Å². The number of H-pyrrole nitrogens is 1. The first-order valence-corrected chi connectivity index (χ1v) is 24.3. The zero-order valence-electron chi connectivity index (χ0n) is 36.9. The largest absolute Gasteiger partial charge is 0.496 e. The van der Waals surface area contributed by atoms with Crippen molar-refractivity contribution in [3.63, 3.8) is 0 Å². The fraction of sp³-hybridized carbons (Fsp3) is 0.600. The van der Waals surface area contributed by atoms with E-state index >= 15 is 0 Å². The van der Waals surface area contributed by atoms with Crippen LogP contribution in [-0.4, -0.2) is 95.5 Å². The number of nitrogens with two attached hydrogens (primary N) is 1. The van der Waals surface area contributed by atoms with E-state index in [4.69, 9.17) is 10.5 Å². The lowest BCUT2D eigenvalue weighted by atomic mass is 9.93. The number of urea groups is 1. The molecule has 0 radical (unpaired) electrons. The molecule has 5 heterocycles. The third-order valence-electron chi connectivity index (χ3n) is 12.5. The molecule has 2 saturated heterocycles. The Balaban J connectivity index is 0.000000231. The molecule has 342 valence electrons. The molecule has 5 aliphatic rings. The van der Waals surface area contributed by atoms with Gasteiger partial charge in [-0.25, -0.2) is 18.2 Å². The minimum atomic E-state index is -3.70. The highest BCUT2D eigenvalue weighted by atomic mass is 32.2. The molecule has 1 aromatic carbocycles. The van der Waals surface area contributed by atoms with Crippen LogP contribution in [0.15, 0.2) is 40.5 Å². The number of primary amides is 1. The van der Waals surface area contributed by atoms with Gasteiger partial charge in [-0.15, -0.1) is 11.3 Å². The summed E-state index contributed by atoms with van der Waals surface area (Å²) in [7, 11) is -2.07. The summed E-state index contributed by atoms with van der Waals surface area (Å²) in [4.78, 5) is 73.0. The quantitative estimate of drug-likeness (QED) is 0.192. The van der Waals surface area contributed by atoms with E-state index in [0.717, 1.165) is 91.3 Å². The van der Waals surface area contributed by atoms with Gasteiger partial charge < -0.3 is 30.6 Å². The molecular formula is C45H67N7O8S2. The third kappa shape index (κ3) is 11.1. The second-order valence-corrected chi connectivity index (χ2v) is 21.2. The Hall–Kier alpha value is -4.77. The molecule has 0 bridgehead atoms. The van der Waals surface area contributed by atoms with Gasteiger partial charge in [0.2, 0.25) is 21.8 Å². The maximum atomic E-state index is 13.1. The van der Waals surface area contributed by atoms with Crippen LogP contribution in [0.25, 0.3) is 21.6 Å². The Morgan fingerprint density at radius 3 is 2.44 bits per heavy atom. The molecule has 5 N–H and O–H groups in total. The lowest BCUT2D eigenvalue weighted by Crippen LogP contribution is -2.56. The first kappa shape index (κ1) is 46.7. The van der Waals surface area contributed by atoms with Gasteiger partial charge in [-0.3, -0.25) is 23.9 Å². The van der Waals surface area contributed by atoms with Crippen molar-refractivity contribution in [2.24, 2.45) is 17.1 Å². The van der Waals surface area contributed by atoms with Gasteiger partial charge in [0, 0.05) is 57.2 Å². The average molecular weight is 898 g/mol. The number of sulfonamides is 1. The SMILES string of the molecule is CC1(C)CCN(C(N)=O)C1.COc1ccc2c(=O)cc(-c3nc(C(C)C)cs3)[nH]c2c1C.O=C1NC2(C(=O)NS(=O)(=O)C3CC3)CC2/C=C\CCCCCCC(=O)N2CCCC12.[HH].[HH]. The van der Waals surface area contributed by atoms with Crippen molar-refractivity contribution < 1.29 is 35.2 Å². The van der Waals surface area contributed by atoms with E-state index in [2.05, 4.69) is 47.7 Å². The number of benzene rings is 1. The smallest absolute Gasteiger partial charge is 0.314 e. The van der Waals surface area contributed by atoms with Crippen molar-refractivity contribution in [1.29, 1.82) is 0 Å². The number of aryl methyl sites for hydroxylation is 1. The fourth-order valence-corrected chi connectivity index (χ4v) is 10.7. The summed E-state index contributed by atoms with van der Waals surface area (Å²) in [6.07, 6.45) is 13.0. The number of ether oxygens (including phenoxy) is 1. The highest BCUT2D eigenvalue weighted by molar-refractivity contribution is 7.91. The number of allylic oxidation sites excluding steroid dienone is 1. The minimum Gasteiger partial charge on any atom is -0.496 e. The lowest BCUT2D eigenvalue weighted by Gasteiger charge is -2.27. The molecule has 2 aromatic heterocycles. The molecular weight excluding hydrogens is 831 g/mol. The van der Waals surface area contributed by atoms with Crippen LogP contribution in [0.5, 0.6) is 5.75 Å². The van der Waals surface area contributed by atoms with Crippen molar-refractivity contribution >= 4 is 56.0 Å². The van der Waals surface area contributed by atoms with E-state index in [1.54, 1.807) is 40.4 Å². The Kier molecular flexibility index (Phi) is 14.6. The van der Waals surface area contributed by atoms with Gasteiger partial charge in [-0.1, -0.05) is 52.7 Å². The molecule has 3 aliphatic heterocycles. The average Bonchev–Trinajstić information content (AvgIpc) is 4.00. The molecule has 15 nitrogen and oxygen atoms in total. The Bertz CT molecular complexity index is 2360. The molecule has 2 saturated carbocycles. The van der Waals surface area contributed by atoms with Gasteiger partial charge in [0.25, 0.3) is 5.91 Å². The van der Waals surface area contributed by atoms with Crippen LogP contribution in [0, 0.1) is 18.3 Å². The van der Waals surface area contributed by atoms with Gasteiger partial charge in [0.1, 0.15) is 22.3 Å². The van der Waals surface area contributed by atoms with E-state index in [0.29, 0.717) is 50.0 Å². The number of aromatic nitrogens is 2. The summed E-state index contributed by atoms with van der Waals surface area (Å²) < 4.78 is 32.1. The van der Waals surface area contributed by atoms with E-state index < -0.39 is 32.8 Å². The van der Waals surface area contributed by atoms with E-state index in [1.165, 1.54) is 0 Å². The minimum absolute atomic E-state index is 0. The van der Waals surface area contributed by atoms with E-state index in [-0.39, 0.29) is 37.5 Å². The Morgan fingerprint density at radius 2 is 1.81 bits per heavy atom. The third-order valence-corrected chi connectivity index (χ3v) is 15.2. The van der Waals surface area contributed by atoms with Crippen LogP contribution in [0.1, 0.15) is 125 Å². The molecule has 3 unspecified atom stereocenters. The highest BCUT2D eigenvalue weighted by Crippen LogP contribution is 2.46. The van der Waals surface area contributed by atoms with E-state index in [1.807, 2.05) is 30.5 Å². The number of carbonyl (C=O) groups is 4. The predicted molar refractivity (Wildman–Crippen MR) is 245 cm³/mol. The maximum Gasteiger partial charge on any atom is 0.314 e. The molecule has 3 aromatic rings. The van der Waals surface area contributed by atoms with Crippen LogP contribution in [-0.2, 0) is 24.4 Å². The summed E-state index contributed by atoms with van der Waals surface area (Å²) in [5.74, 6) is -0.112. The topological polar surface area (TPSA) is 214 Å². The molecule has 17 heteroatoms. The second kappa shape index (κ2) is 19.3. The highest BCUT2D eigenvalue weighted by Gasteiger charge is 2.61. The number of hydrogen-bond donors (Lipinski definition) is 4. The van der Waals surface area contributed by atoms with Gasteiger partial charge in [-0.05, 0) is 88.2 Å². The van der Waals surface area contributed by atoms with Crippen molar-refractivity contribution in [3.05, 3.63) is 57.2 Å². The van der Waals surface area contributed by atoms with Crippen molar-refractivity contribution in [1.82, 2.24) is 29.8 Å². The van der Waals surface area contributed by atoms with E-state index in [9.17, 15) is 32.4 Å². The van der Waals surface area contributed by atoms with Gasteiger partial charge in [-0.2, -0.15) is 0 Å². The molecule has 5 amide bonds. The van der Waals surface area contributed by atoms with Gasteiger partial charge >= 0.3 is 6.03 Å². The molecule has 2 aliphatic carbocycles. The van der Waals surface area contributed by atoms with Gasteiger partial charge in [0.15, 0.2) is 5.43 Å². The number of nitrogens with one attached hydrogen (secondary N) is 3. The number of methoxy groups -OCH3 is 1. The first-order chi connectivity index (χ1) is 29.4. The summed E-state index contributed by atoms with van der Waals surface area (Å²) in [6, 6.07) is 4.37. The van der Waals surface area contributed by atoms with Crippen LogP contribution in [0.3, 0.4) is 0 Å². The number of pyridine rings is 1. The molecule has 8 rings (SSSR count). The maximum absolute atomic E-state index is 13.1. The molecule has 3 atom stereocenters. The number of thiazole rings is 1.